The normalized spacial score (nSPS) is 26.7. The average Bonchev–Trinajstić information content (AvgIpc) is 2.16. The number of halogens is 1. The van der Waals surface area contributed by atoms with Crippen molar-refractivity contribution < 1.29 is 0 Å². The molecule has 3 nitrogen and oxygen atoms in total. The number of hydrogen-bond donors (Lipinski definition) is 0. The van der Waals surface area contributed by atoms with Crippen LogP contribution in [0.1, 0.15) is 20.3 Å². The Morgan fingerprint density at radius 2 is 1.93 bits per heavy atom. The fourth-order valence-electron chi connectivity index (χ4n) is 2.33. The minimum atomic E-state index is 0.471. The van der Waals surface area contributed by atoms with Crippen molar-refractivity contribution in [3.8, 4) is 0 Å². The van der Waals surface area contributed by atoms with Gasteiger partial charge in [0.15, 0.2) is 0 Å². The molecule has 1 aliphatic heterocycles. The van der Waals surface area contributed by atoms with Gasteiger partial charge in [0.1, 0.15) is 11.0 Å². The third kappa shape index (κ3) is 2.59. The number of anilines is 1. The summed E-state index contributed by atoms with van der Waals surface area (Å²) in [5.41, 5.74) is 0. The number of rotatable bonds is 1. The molecule has 1 aromatic rings. The number of aromatic nitrogens is 2. The van der Waals surface area contributed by atoms with Gasteiger partial charge in [-0.3, -0.25) is 4.98 Å². The molecule has 15 heavy (non-hydrogen) atoms. The van der Waals surface area contributed by atoms with E-state index in [1.54, 1.807) is 12.4 Å². The highest BCUT2D eigenvalue weighted by atomic mass is 35.5. The number of nitrogens with zero attached hydrogens (tertiary/aromatic N) is 3. The molecule has 0 amide bonds. The van der Waals surface area contributed by atoms with Gasteiger partial charge >= 0.3 is 0 Å². The summed E-state index contributed by atoms with van der Waals surface area (Å²) < 4.78 is 0. The van der Waals surface area contributed by atoms with Crippen molar-refractivity contribution in [2.24, 2.45) is 11.8 Å². The van der Waals surface area contributed by atoms with E-state index in [1.165, 1.54) is 6.42 Å². The van der Waals surface area contributed by atoms with Crippen LogP contribution < -0.4 is 4.90 Å². The molecule has 2 atom stereocenters. The molecule has 0 N–H and O–H groups in total. The standard InChI is InChI=1S/C11H16ClN3/c1-8-3-9(2)7-15(6-8)11-5-13-4-10(12)14-11/h4-5,8-9H,3,6-7H2,1-2H3. The van der Waals surface area contributed by atoms with Gasteiger partial charge in [0.2, 0.25) is 0 Å². The first-order chi connectivity index (χ1) is 7.15. The second-order valence-corrected chi connectivity index (χ2v) is 4.94. The lowest BCUT2D eigenvalue weighted by Gasteiger charge is -2.35. The molecular weight excluding hydrogens is 210 g/mol. The largest absolute Gasteiger partial charge is 0.355 e. The lowest BCUT2D eigenvalue weighted by atomic mass is 9.92. The molecule has 1 fully saturated rings. The van der Waals surface area contributed by atoms with E-state index in [4.69, 9.17) is 11.6 Å². The molecule has 2 unspecified atom stereocenters. The smallest absolute Gasteiger partial charge is 0.149 e. The van der Waals surface area contributed by atoms with E-state index in [-0.39, 0.29) is 0 Å². The van der Waals surface area contributed by atoms with Crippen LogP contribution in [0.3, 0.4) is 0 Å². The molecule has 82 valence electrons. The third-order valence-corrected chi connectivity index (χ3v) is 2.97. The Kier molecular flexibility index (Phi) is 3.10. The van der Waals surface area contributed by atoms with Gasteiger partial charge in [-0.1, -0.05) is 25.4 Å². The summed E-state index contributed by atoms with van der Waals surface area (Å²) in [4.78, 5) is 10.6. The van der Waals surface area contributed by atoms with E-state index in [9.17, 15) is 0 Å². The SMILES string of the molecule is CC1CC(C)CN(c2cncc(Cl)n2)C1. The van der Waals surface area contributed by atoms with Crippen LogP contribution in [-0.2, 0) is 0 Å². The van der Waals surface area contributed by atoms with E-state index in [0.29, 0.717) is 5.15 Å². The van der Waals surface area contributed by atoms with Crippen LogP contribution in [0.5, 0.6) is 0 Å². The Balaban J connectivity index is 2.16. The molecule has 0 radical (unpaired) electrons. The van der Waals surface area contributed by atoms with Crippen molar-refractivity contribution in [3.63, 3.8) is 0 Å². The Morgan fingerprint density at radius 1 is 1.27 bits per heavy atom. The second kappa shape index (κ2) is 4.35. The highest BCUT2D eigenvalue weighted by Gasteiger charge is 2.22. The fourth-order valence-corrected chi connectivity index (χ4v) is 2.48. The quantitative estimate of drug-likeness (QED) is 0.736. The monoisotopic (exact) mass is 225 g/mol. The molecule has 2 rings (SSSR count). The van der Waals surface area contributed by atoms with Crippen LogP contribution in [0.4, 0.5) is 5.82 Å². The molecule has 0 bridgehead atoms. The summed E-state index contributed by atoms with van der Waals surface area (Å²) >= 11 is 5.84. The molecule has 0 saturated carbocycles. The Labute approximate surface area is 95.5 Å². The number of piperidine rings is 1. The zero-order chi connectivity index (χ0) is 10.8. The second-order valence-electron chi connectivity index (χ2n) is 4.55. The topological polar surface area (TPSA) is 29.0 Å². The van der Waals surface area contributed by atoms with Crippen LogP contribution in [0.25, 0.3) is 0 Å². The van der Waals surface area contributed by atoms with Crippen molar-refractivity contribution in [2.45, 2.75) is 20.3 Å². The Morgan fingerprint density at radius 3 is 2.53 bits per heavy atom. The fraction of sp³-hybridized carbons (Fsp3) is 0.636. The molecule has 1 aliphatic rings. The molecule has 0 aliphatic carbocycles. The lowest BCUT2D eigenvalue weighted by molar-refractivity contribution is 0.355. The highest BCUT2D eigenvalue weighted by molar-refractivity contribution is 6.29. The first-order valence-electron chi connectivity index (χ1n) is 5.37. The first-order valence-corrected chi connectivity index (χ1v) is 5.75. The van der Waals surface area contributed by atoms with E-state index < -0.39 is 0 Å². The summed E-state index contributed by atoms with van der Waals surface area (Å²) in [5, 5.41) is 0.471. The van der Waals surface area contributed by atoms with Crippen LogP contribution in [0.15, 0.2) is 12.4 Å². The Bertz CT molecular complexity index is 332. The van der Waals surface area contributed by atoms with E-state index >= 15 is 0 Å². The third-order valence-electron chi connectivity index (χ3n) is 2.79. The van der Waals surface area contributed by atoms with Gasteiger partial charge in [-0.15, -0.1) is 0 Å². The average molecular weight is 226 g/mol. The van der Waals surface area contributed by atoms with E-state index in [1.807, 2.05) is 0 Å². The van der Waals surface area contributed by atoms with Gasteiger partial charge in [-0.2, -0.15) is 0 Å². The summed E-state index contributed by atoms with van der Waals surface area (Å²) in [6.07, 6.45) is 4.66. The highest BCUT2D eigenvalue weighted by Crippen LogP contribution is 2.24. The summed E-state index contributed by atoms with van der Waals surface area (Å²) in [6.45, 7) is 6.67. The Hall–Kier alpha value is -0.830. The van der Waals surface area contributed by atoms with Gasteiger partial charge in [0, 0.05) is 13.1 Å². The van der Waals surface area contributed by atoms with Crippen LogP contribution in [-0.4, -0.2) is 23.1 Å². The van der Waals surface area contributed by atoms with Crippen molar-refractivity contribution >= 4 is 17.4 Å². The first kappa shape index (κ1) is 10.7. The minimum Gasteiger partial charge on any atom is -0.355 e. The van der Waals surface area contributed by atoms with Crippen molar-refractivity contribution in [2.75, 3.05) is 18.0 Å². The molecule has 1 aromatic heterocycles. The van der Waals surface area contributed by atoms with Gasteiger partial charge in [0.05, 0.1) is 12.4 Å². The predicted molar refractivity (Wildman–Crippen MR) is 62.2 cm³/mol. The molecule has 1 saturated heterocycles. The van der Waals surface area contributed by atoms with Crippen molar-refractivity contribution in [1.82, 2.24) is 9.97 Å². The van der Waals surface area contributed by atoms with Crippen LogP contribution in [0, 0.1) is 11.8 Å². The summed E-state index contributed by atoms with van der Waals surface area (Å²) in [7, 11) is 0. The molecule has 2 heterocycles. The van der Waals surface area contributed by atoms with Gasteiger partial charge in [-0.25, -0.2) is 4.98 Å². The maximum atomic E-state index is 5.84. The summed E-state index contributed by atoms with van der Waals surface area (Å²) in [6, 6.07) is 0. The van der Waals surface area contributed by atoms with E-state index in [0.717, 1.165) is 30.7 Å². The maximum absolute atomic E-state index is 5.84. The minimum absolute atomic E-state index is 0.471. The van der Waals surface area contributed by atoms with Crippen molar-refractivity contribution in [1.29, 1.82) is 0 Å². The molecular formula is C11H16ClN3. The summed E-state index contributed by atoms with van der Waals surface area (Å²) in [5.74, 6) is 2.34. The van der Waals surface area contributed by atoms with Crippen LogP contribution in [0.2, 0.25) is 5.15 Å². The van der Waals surface area contributed by atoms with Gasteiger partial charge < -0.3 is 4.90 Å². The molecule has 4 heteroatoms. The zero-order valence-corrected chi connectivity index (χ0v) is 9.91. The van der Waals surface area contributed by atoms with Crippen LogP contribution >= 0.6 is 11.6 Å². The zero-order valence-electron chi connectivity index (χ0n) is 9.15. The molecule has 0 aromatic carbocycles. The number of hydrogen-bond acceptors (Lipinski definition) is 3. The van der Waals surface area contributed by atoms with Gasteiger partial charge in [0.25, 0.3) is 0 Å². The maximum Gasteiger partial charge on any atom is 0.149 e. The van der Waals surface area contributed by atoms with E-state index in [2.05, 4.69) is 28.7 Å². The van der Waals surface area contributed by atoms with Gasteiger partial charge in [-0.05, 0) is 18.3 Å². The predicted octanol–water partition coefficient (Wildman–Crippen LogP) is 2.61. The lowest BCUT2D eigenvalue weighted by Crippen LogP contribution is -2.39. The molecule has 0 spiro atoms. The van der Waals surface area contributed by atoms with Crippen molar-refractivity contribution in [3.05, 3.63) is 17.5 Å².